The fourth-order valence-corrected chi connectivity index (χ4v) is 4.37. The Kier molecular flexibility index (Phi) is 6.02. The first-order valence-corrected chi connectivity index (χ1v) is 9.99. The average Bonchev–Trinajstić information content (AvgIpc) is 3.18. The SMILES string of the molecule is CC[C@]1(c2ccccc2)NC(=O)N(NC(=O)CN(C)Cc2ccc(Cl)s2)C1=O. The number of benzene rings is 1. The molecule has 4 amide bonds. The Labute approximate surface area is 172 Å². The first-order valence-electron chi connectivity index (χ1n) is 8.80. The van der Waals surface area contributed by atoms with Crippen molar-refractivity contribution in [2.75, 3.05) is 13.6 Å². The Balaban J connectivity index is 1.66. The summed E-state index contributed by atoms with van der Waals surface area (Å²) in [6.45, 7) is 2.38. The van der Waals surface area contributed by atoms with E-state index in [4.69, 9.17) is 11.6 Å². The zero-order valence-electron chi connectivity index (χ0n) is 15.6. The smallest absolute Gasteiger partial charge is 0.318 e. The summed E-state index contributed by atoms with van der Waals surface area (Å²) in [7, 11) is 1.78. The number of carbonyl (C=O) groups is 3. The Morgan fingerprint density at radius 1 is 1.25 bits per heavy atom. The summed E-state index contributed by atoms with van der Waals surface area (Å²) in [5.41, 5.74) is 1.93. The fourth-order valence-electron chi connectivity index (χ4n) is 3.20. The van der Waals surface area contributed by atoms with Crippen molar-refractivity contribution in [3.63, 3.8) is 0 Å². The zero-order valence-corrected chi connectivity index (χ0v) is 17.1. The molecule has 0 aliphatic carbocycles. The number of nitrogens with zero attached hydrogens (tertiary/aromatic N) is 2. The lowest BCUT2D eigenvalue weighted by Gasteiger charge is -2.25. The second-order valence-corrected chi connectivity index (χ2v) is 8.41. The van der Waals surface area contributed by atoms with E-state index in [-0.39, 0.29) is 6.54 Å². The van der Waals surface area contributed by atoms with Gasteiger partial charge >= 0.3 is 6.03 Å². The molecule has 9 heteroatoms. The van der Waals surface area contributed by atoms with E-state index in [1.165, 1.54) is 11.3 Å². The van der Waals surface area contributed by atoms with Gasteiger partial charge in [-0.1, -0.05) is 48.9 Å². The van der Waals surface area contributed by atoms with Crippen LogP contribution in [-0.4, -0.2) is 41.3 Å². The molecule has 28 heavy (non-hydrogen) atoms. The summed E-state index contributed by atoms with van der Waals surface area (Å²) in [6, 6.07) is 12.1. The van der Waals surface area contributed by atoms with Gasteiger partial charge in [0.25, 0.3) is 11.8 Å². The number of hydrogen-bond donors (Lipinski definition) is 2. The number of hydrogen-bond acceptors (Lipinski definition) is 5. The zero-order chi connectivity index (χ0) is 20.3. The summed E-state index contributed by atoms with van der Waals surface area (Å²) < 4.78 is 0.684. The lowest BCUT2D eigenvalue weighted by atomic mass is 9.87. The van der Waals surface area contributed by atoms with Crippen molar-refractivity contribution >= 4 is 40.8 Å². The third-order valence-electron chi connectivity index (χ3n) is 4.59. The van der Waals surface area contributed by atoms with E-state index in [0.29, 0.717) is 22.9 Å². The Bertz CT molecular complexity index is 888. The maximum absolute atomic E-state index is 13.0. The van der Waals surface area contributed by atoms with Gasteiger partial charge in [-0.3, -0.25) is 19.9 Å². The van der Waals surface area contributed by atoms with Crippen LogP contribution in [0.1, 0.15) is 23.8 Å². The topological polar surface area (TPSA) is 81.8 Å². The van der Waals surface area contributed by atoms with Gasteiger partial charge in [0.15, 0.2) is 0 Å². The lowest BCUT2D eigenvalue weighted by Crippen LogP contribution is -2.50. The molecule has 3 rings (SSSR count). The monoisotopic (exact) mass is 420 g/mol. The van der Waals surface area contributed by atoms with E-state index in [9.17, 15) is 14.4 Å². The molecule has 0 radical (unpaired) electrons. The fraction of sp³-hybridized carbons (Fsp3) is 0.316. The predicted octanol–water partition coefficient (Wildman–Crippen LogP) is 2.72. The van der Waals surface area contributed by atoms with Crippen LogP contribution >= 0.6 is 22.9 Å². The van der Waals surface area contributed by atoms with Crippen molar-refractivity contribution in [1.82, 2.24) is 20.7 Å². The standard InChI is InChI=1S/C19H21ClN4O3S/c1-3-19(13-7-5-4-6-8-13)17(26)24(18(27)21-19)22-16(25)12-23(2)11-14-9-10-15(20)28-14/h4-10H,3,11-12H2,1-2H3,(H,21,27)(H,22,25)/t19-/m1/s1. The van der Waals surface area contributed by atoms with Crippen LogP contribution in [0.15, 0.2) is 42.5 Å². The van der Waals surface area contributed by atoms with E-state index in [1.807, 2.05) is 19.1 Å². The van der Waals surface area contributed by atoms with Gasteiger partial charge in [-0.05, 0) is 31.2 Å². The number of carbonyl (C=O) groups excluding carboxylic acids is 3. The molecule has 1 aliphatic heterocycles. The van der Waals surface area contributed by atoms with Crippen molar-refractivity contribution < 1.29 is 14.4 Å². The molecule has 0 saturated carbocycles. The summed E-state index contributed by atoms with van der Waals surface area (Å²) in [4.78, 5) is 40.6. The van der Waals surface area contributed by atoms with Gasteiger partial charge in [0.05, 0.1) is 10.9 Å². The quantitative estimate of drug-likeness (QED) is 0.675. The average molecular weight is 421 g/mol. The number of thiophene rings is 1. The number of likely N-dealkylation sites (N-methyl/N-ethyl adjacent to an activating group) is 1. The Morgan fingerprint density at radius 2 is 1.96 bits per heavy atom. The molecule has 7 nitrogen and oxygen atoms in total. The van der Waals surface area contributed by atoms with E-state index in [0.717, 1.165) is 9.89 Å². The third kappa shape index (κ3) is 4.04. The number of rotatable bonds is 7. The highest BCUT2D eigenvalue weighted by atomic mass is 35.5. The molecule has 2 heterocycles. The third-order valence-corrected chi connectivity index (χ3v) is 5.81. The molecule has 0 bridgehead atoms. The lowest BCUT2D eigenvalue weighted by molar-refractivity contribution is -0.139. The van der Waals surface area contributed by atoms with Crippen LogP contribution in [0, 0.1) is 0 Å². The van der Waals surface area contributed by atoms with E-state index < -0.39 is 23.4 Å². The number of hydrazine groups is 1. The van der Waals surface area contributed by atoms with Crippen LogP contribution in [0.4, 0.5) is 4.79 Å². The first-order chi connectivity index (χ1) is 13.4. The maximum Gasteiger partial charge on any atom is 0.344 e. The van der Waals surface area contributed by atoms with Crippen LogP contribution in [0.3, 0.4) is 0 Å². The van der Waals surface area contributed by atoms with E-state index in [2.05, 4.69) is 10.7 Å². The normalized spacial score (nSPS) is 19.2. The van der Waals surface area contributed by atoms with E-state index in [1.54, 1.807) is 42.3 Å². The number of amides is 4. The maximum atomic E-state index is 13.0. The molecule has 2 aromatic rings. The van der Waals surface area contributed by atoms with Crippen LogP contribution in [0.25, 0.3) is 0 Å². The molecule has 2 N–H and O–H groups in total. The van der Waals surface area contributed by atoms with Crippen molar-refractivity contribution in [2.45, 2.75) is 25.4 Å². The van der Waals surface area contributed by atoms with Gasteiger partial charge in [-0.25, -0.2) is 4.79 Å². The second kappa shape index (κ2) is 8.30. The molecule has 1 aromatic heterocycles. The number of nitrogens with one attached hydrogen (secondary N) is 2. The minimum absolute atomic E-state index is 0.0248. The number of urea groups is 1. The van der Waals surface area contributed by atoms with Gasteiger partial charge in [0.1, 0.15) is 5.54 Å². The molecule has 0 spiro atoms. The van der Waals surface area contributed by atoms with Crippen molar-refractivity contribution in [3.8, 4) is 0 Å². The van der Waals surface area contributed by atoms with Gasteiger partial charge in [0.2, 0.25) is 0 Å². The van der Waals surface area contributed by atoms with Crippen molar-refractivity contribution in [1.29, 1.82) is 0 Å². The minimum Gasteiger partial charge on any atom is -0.318 e. The molecule has 1 fully saturated rings. The summed E-state index contributed by atoms with van der Waals surface area (Å²) in [5.74, 6) is -0.944. The van der Waals surface area contributed by atoms with Crippen molar-refractivity contribution in [2.24, 2.45) is 0 Å². The Hall–Kier alpha value is -2.42. The van der Waals surface area contributed by atoms with Crippen LogP contribution in [0.2, 0.25) is 4.34 Å². The second-order valence-electron chi connectivity index (χ2n) is 6.61. The molecular weight excluding hydrogens is 400 g/mol. The predicted molar refractivity (Wildman–Crippen MR) is 108 cm³/mol. The molecule has 1 aromatic carbocycles. The summed E-state index contributed by atoms with van der Waals surface area (Å²) in [5, 5.41) is 3.50. The highest BCUT2D eigenvalue weighted by Crippen LogP contribution is 2.31. The van der Waals surface area contributed by atoms with Crippen LogP contribution in [-0.2, 0) is 21.7 Å². The molecule has 0 unspecified atom stereocenters. The van der Waals surface area contributed by atoms with Crippen LogP contribution < -0.4 is 10.7 Å². The molecule has 1 saturated heterocycles. The molecular formula is C19H21ClN4O3S. The van der Waals surface area contributed by atoms with Crippen LogP contribution in [0.5, 0.6) is 0 Å². The Morgan fingerprint density at radius 3 is 2.57 bits per heavy atom. The van der Waals surface area contributed by atoms with Gasteiger partial charge in [0, 0.05) is 11.4 Å². The highest BCUT2D eigenvalue weighted by Gasteiger charge is 2.52. The number of halogens is 1. The van der Waals surface area contributed by atoms with E-state index >= 15 is 0 Å². The highest BCUT2D eigenvalue weighted by molar-refractivity contribution is 7.16. The summed E-state index contributed by atoms with van der Waals surface area (Å²) in [6.07, 6.45) is 0.368. The van der Waals surface area contributed by atoms with Crippen molar-refractivity contribution in [3.05, 3.63) is 57.2 Å². The first kappa shape index (κ1) is 20.3. The number of imide groups is 1. The molecule has 1 atom stereocenters. The molecule has 148 valence electrons. The summed E-state index contributed by atoms with van der Waals surface area (Å²) >= 11 is 7.36. The van der Waals surface area contributed by atoms with Gasteiger partial charge in [-0.2, -0.15) is 5.01 Å². The minimum atomic E-state index is -1.18. The molecule has 1 aliphatic rings. The largest absolute Gasteiger partial charge is 0.344 e. The van der Waals surface area contributed by atoms with Gasteiger partial charge in [-0.15, -0.1) is 11.3 Å². The van der Waals surface area contributed by atoms with Gasteiger partial charge < -0.3 is 5.32 Å².